The zero-order valence-electron chi connectivity index (χ0n) is 20.9. The van der Waals surface area contributed by atoms with E-state index in [1.54, 1.807) is 30.5 Å². The van der Waals surface area contributed by atoms with Crippen LogP contribution in [0.1, 0.15) is 46.9 Å². The van der Waals surface area contributed by atoms with Crippen molar-refractivity contribution >= 4 is 40.6 Å². The van der Waals surface area contributed by atoms with Gasteiger partial charge >= 0.3 is 6.09 Å². The lowest BCUT2D eigenvalue weighted by molar-refractivity contribution is 0.102. The van der Waals surface area contributed by atoms with Crippen molar-refractivity contribution < 1.29 is 19.4 Å². The number of imidazole rings is 1. The number of nitrogens with zero attached hydrogens (tertiary/aromatic N) is 4. The van der Waals surface area contributed by atoms with Gasteiger partial charge < -0.3 is 19.3 Å². The largest absolute Gasteiger partial charge is 0.487 e. The Bertz CT molecular complexity index is 1470. The maximum Gasteiger partial charge on any atom is 0.407 e. The van der Waals surface area contributed by atoms with E-state index in [0.717, 1.165) is 24.1 Å². The van der Waals surface area contributed by atoms with Crippen LogP contribution in [0.3, 0.4) is 0 Å². The molecule has 1 aliphatic rings. The highest BCUT2D eigenvalue weighted by Gasteiger charge is 2.29. The minimum atomic E-state index is -0.975. The van der Waals surface area contributed by atoms with E-state index in [0.29, 0.717) is 52.9 Å². The number of rotatable bonds is 6. The first-order valence-electron chi connectivity index (χ1n) is 12.5. The van der Waals surface area contributed by atoms with Gasteiger partial charge in [-0.25, -0.2) is 9.78 Å². The molecule has 10 heteroatoms. The lowest BCUT2D eigenvalue weighted by atomic mass is 10.1. The summed E-state index contributed by atoms with van der Waals surface area (Å²) in [5, 5.41) is 13.0. The Morgan fingerprint density at radius 2 is 1.97 bits per heavy atom. The Kier molecular flexibility index (Phi) is 7.46. The Balaban J connectivity index is 1.56. The molecule has 9 nitrogen and oxygen atoms in total. The molecule has 0 aliphatic carbocycles. The second-order valence-corrected chi connectivity index (χ2v) is 9.72. The van der Waals surface area contributed by atoms with E-state index in [2.05, 4.69) is 10.3 Å². The predicted molar refractivity (Wildman–Crippen MR) is 145 cm³/mol. The van der Waals surface area contributed by atoms with Gasteiger partial charge in [0.05, 0.1) is 17.1 Å². The number of ether oxygens (including phenoxy) is 1. The molecule has 0 bridgehead atoms. The summed E-state index contributed by atoms with van der Waals surface area (Å²) in [7, 11) is 0. The van der Waals surface area contributed by atoms with Crippen molar-refractivity contribution in [1.82, 2.24) is 19.4 Å². The number of carboxylic acid groups (broad SMARTS) is 1. The molecule has 2 amide bonds. The molecule has 5 rings (SSSR count). The van der Waals surface area contributed by atoms with Crippen LogP contribution >= 0.6 is 11.6 Å². The highest BCUT2D eigenvalue weighted by atomic mass is 35.5. The van der Waals surface area contributed by atoms with E-state index in [1.807, 2.05) is 41.8 Å². The SMILES string of the molecule is Cc1cc(C(=O)Nc2nc3ccc(OCc4ccccc4)c(Cl)c3n2[C@@H]2CCCCN(C(=O)O)C2)ccn1. The fourth-order valence-electron chi connectivity index (χ4n) is 4.78. The maximum atomic E-state index is 13.2. The van der Waals surface area contributed by atoms with Crippen LogP contribution in [0.5, 0.6) is 5.75 Å². The molecule has 3 heterocycles. The third-order valence-corrected chi connectivity index (χ3v) is 7.02. The Morgan fingerprint density at radius 3 is 2.74 bits per heavy atom. The summed E-state index contributed by atoms with van der Waals surface area (Å²) < 4.78 is 7.92. The minimum Gasteiger partial charge on any atom is -0.487 e. The fourth-order valence-corrected chi connectivity index (χ4v) is 5.09. The van der Waals surface area contributed by atoms with Crippen molar-refractivity contribution in [3.8, 4) is 5.75 Å². The van der Waals surface area contributed by atoms with E-state index in [-0.39, 0.29) is 18.5 Å². The smallest absolute Gasteiger partial charge is 0.407 e. The average Bonchev–Trinajstić information content (AvgIpc) is 3.09. The summed E-state index contributed by atoms with van der Waals surface area (Å²) in [5.41, 5.74) is 3.33. The fraction of sp³-hybridized carbons (Fsp3) is 0.286. The number of aryl methyl sites for hydroxylation is 1. The molecule has 0 saturated carbocycles. The first-order valence-corrected chi connectivity index (χ1v) is 12.9. The number of benzene rings is 2. The second kappa shape index (κ2) is 11.1. The minimum absolute atomic E-state index is 0.253. The molecule has 0 unspecified atom stereocenters. The van der Waals surface area contributed by atoms with E-state index < -0.39 is 6.09 Å². The highest BCUT2D eigenvalue weighted by molar-refractivity contribution is 6.36. The molecule has 1 fully saturated rings. The van der Waals surface area contributed by atoms with Gasteiger partial charge in [-0.05, 0) is 56.0 Å². The van der Waals surface area contributed by atoms with Gasteiger partial charge in [0.25, 0.3) is 5.91 Å². The van der Waals surface area contributed by atoms with Crippen molar-refractivity contribution in [3.63, 3.8) is 0 Å². The summed E-state index contributed by atoms with van der Waals surface area (Å²) in [6.45, 7) is 2.86. The van der Waals surface area contributed by atoms with Crippen LogP contribution < -0.4 is 10.1 Å². The van der Waals surface area contributed by atoms with Gasteiger partial charge in [-0.2, -0.15) is 0 Å². The monoisotopic (exact) mass is 533 g/mol. The molecule has 2 aromatic heterocycles. The number of amides is 2. The molecule has 1 saturated heterocycles. The van der Waals surface area contributed by atoms with E-state index in [9.17, 15) is 14.7 Å². The molecule has 4 aromatic rings. The lowest BCUT2D eigenvalue weighted by Crippen LogP contribution is -2.34. The number of likely N-dealkylation sites (tertiary alicyclic amines) is 1. The van der Waals surface area contributed by atoms with E-state index in [4.69, 9.17) is 21.3 Å². The zero-order valence-corrected chi connectivity index (χ0v) is 21.7. The Morgan fingerprint density at radius 1 is 1.16 bits per heavy atom. The van der Waals surface area contributed by atoms with Gasteiger partial charge in [0.1, 0.15) is 17.4 Å². The number of carbonyl (C=O) groups excluding carboxylic acids is 1. The number of anilines is 1. The van der Waals surface area contributed by atoms with Crippen LogP contribution in [0.2, 0.25) is 5.02 Å². The molecular weight excluding hydrogens is 506 g/mol. The standard InChI is InChI=1S/C28H28ClN5O4/c1-18-15-20(12-13-30-18)26(35)32-27-31-22-10-11-23(38-17-19-7-3-2-4-8-19)24(29)25(22)34(27)21-9-5-6-14-33(16-21)28(36)37/h2-4,7-8,10-13,15,21H,5-6,9,14,16-17H2,1H3,(H,36,37)(H,31,32,35)/t21-/m1/s1. The first-order chi connectivity index (χ1) is 18.4. The summed E-state index contributed by atoms with van der Waals surface area (Å²) in [6, 6.07) is 16.4. The van der Waals surface area contributed by atoms with Crippen molar-refractivity contribution in [2.45, 2.75) is 38.8 Å². The number of carbonyl (C=O) groups is 2. The number of hydrogen-bond acceptors (Lipinski definition) is 5. The Hall–Kier alpha value is -4.11. The van der Waals surface area contributed by atoms with Crippen molar-refractivity contribution in [2.75, 3.05) is 18.4 Å². The van der Waals surface area contributed by atoms with Gasteiger partial charge in [0.2, 0.25) is 5.95 Å². The second-order valence-electron chi connectivity index (χ2n) is 9.34. The van der Waals surface area contributed by atoms with Gasteiger partial charge in [0, 0.05) is 30.5 Å². The Labute approximate surface area is 225 Å². The van der Waals surface area contributed by atoms with E-state index in [1.165, 1.54) is 4.90 Å². The predicted octanol–water partition coefficient (Wildman–Crippen LogP) is 5.93. The molecule has 38 heavy (non-hydrogen) atoms. The quantitative estimate of drug-likeness (QED) is 0.318. The number of pyridine rings is 1. The maximum absolute atomic E-state index is 13.2. The third kappa shape index (κ3) is 5.43. The molecule has 1 aliphatic heterocycles. The molecule has 196 valence electrons. The van der Waals surface area contributed by atoms with E-state index >= 15 is 0 Å². The zero-order chi connectivity index (χ0) is 26.6. The number of nitrogens with one attached hydrogen (secondary N) is 1. The van der Waals surface area contributed by atoms with Crippen molar-refractivity contribution in [3.05, 3.63) is 82.6 Å². The van der Waals surface area contributed by atoms with Crippen molar-refractivity contribution in [2.24, 2.45) is 0 Å². The average molecular weight is 534 g/mol. The van der Waals surface area contributed by atoms with Crippen LogP contribution in [-0.4, -0.2) is 49.6 Å². The molecule has 2 aromatic carbocycles. The molecule has 0 spiro atoms. The van der Waals surface area contributed by atoms with Gasteiger partial charge in [-0.15, -0.1) is 0 Å². The molecule has 0 radical (unpaired) electrons. The summed E-state index contributed by atoms with van der Waals surface area (Å²) in [6.07, 6.45) is 2.89. The normalized spacial score (nSPS) is 15.7. The first kappa shape index (κ1) is 25.5. The van der Waals surface area contributed by atoms with Crippen LogP contribution in [0.15, 0.2) is 60.8 Å². The number of fused-ring (bicyclic) bond motifs is 1. The van der Waals surface area contributed by atoms with Crippen LogP contribution in [-0.2, 0) is 6.61 Å². The van der Waals surface area contributed by atoms with Crippen LogP contribution in [0.25, 0.3) is 11.0 Å². The number of aromatic nitrogens is 3. The summed E-state index contributed by atoms with van der Waals surface area (Å²) in [5.74, 6) is 0.446. The van der Waals surface area contributed by atoms with Gasteiger partial charge in [0.15, 0.2) is 0 Å². The molecule has 1 atom stereocenters. The number of halogens is 1. The van der Waals surface area contributed by atoms with Gasteiger partial charge in [-0.1, -0.05) is 41.9 Å². The van der Waals surface area contributed by atoms with Gasteiger partial charge in [-0.3, -0.25) is 15.1 Å². The molecule has 2 N–H and O–H groups in total. The van der Waals surface area contributed by atoms with Crippen molar-refractivity contribution in [1.29, 1.82) is 0 Å². The highest BCUT2D eigenvalue weighted by Crippen LogP contribution is 2.38. The topological polar surface area (TPSA) is 110 Å². The summed E-state index contributed by atoms with van der Waals surface area (Å²) >= 11 is 6.92. The van der Waals surface area contributed by atoms with Crippen LogP contribution in [0.4, 0.5) is 10.7 Å². The third-order valence-electron chi connectivity index (χ3n) is 6.66. The lowest BCUT2D eigenvalue weighted by Gasteiger charge is -2.25. The molecular formula is C28H28ClN5O4. The summed E-state index contributed by atoms with van der Waals surface area (Å²) in [4.78, 5) is 35.3. The van der Waals surface area contributed by atoms with Crippen LogP contribution in [0, 0.1) is 6.92 Å². The number of hydrogen-bond donors (Lipinski definition) is 2.